The van der Waals surface area contributed by atoms with E-state index < -0.39 is 33.7 Å². The minimum absolute atomic E-state index is 0.279. The molecule has 0 radical (unpaired) electrons. The fourth-order valence-corrected chi connectivity index (χ4v) is 3.14. The number of carbonyl (C=O) groups is 2. The third-order valence-electron chi connectivity index (χ3n) is 3.84. The Morgan fingerprint density at radius 2 is 1.38 bits per heavy atom. The van der Waals surface area contributed by atoms with Crippen LogP contribution in [0, 0.1) is 0 Å². The fraction of sp³-hybridized carbons (Fsp3) is 0.875. The molecule has 0 aliphatic rings. The maximum atomic E-state index is 11.7. The van der Waals surface area contributed by atoms with Crippen molar-refractivity contribution in [2.24, 2.45) is 0 Å². The largest absolute Gasteiger partial charge is 0.481 e. The quantitative estimate of drug-likeness (QED) is 0.303. The van der Waals surface area contributed by atoms with Crippen molar-refractivity contribution in [3.8, 4) is 0 Å². The summed E-state index contributed by atoms with van der Waals surface area (Å²) in [5.74, 6) is -2.41. The number of hydrogen-bond donors (Lipinski definition) is 3. The van der Waals surface area contributed by atoms with Crippen LogP contribution < -0.4 is 5.32 Å². The Hall–Kier alpha value is -1.15. The molecule has 0 aliphatic heterocycles. The molecule has 0 bridgehead atoms. The highest BCUT2D eigenvalue weighted by Gasteiger charge is 2.33. The SMILES string of the molecule is CCCCCCCCCCCCNC(=O)C(CC(=O)O)S(=O)(=O)O. The van der Waals surface area contributed by atoms with Gasteiger partial charge in [0.2, 0.25) is 5.91 Å². The fourth-order valence-electron chi connectivity index (χ4n) is 2.43. The summed E-state index contributed by atoms with van der Waals surface area (Å²) in [7, 11) is -4.72. The topological polar surface area (TPSA) is 121 Å². The van der Waals surface area contributed by atoms with E-state index in [-0.39, 0.29) is 6.54 Å². The van der Waals surface area contributed by atoms with Gasteiger partial charge in [0.1, 0.15) is 0 Å². The lowest BCUT2D eigenvalue weighted by atomic mass is 10.1. The average molecular weight is 365 g/mol. The maximum Gasteiger partial charge on any atom is 0.305 e. The number of rotatable bonds is 15. The molecule has 8 heteroatoms. The van der Waals surface area contributed by atoms with Crippen molar-refractivity contribution in [1.82, 2.24) is 5.32 Å². The van der Waals surface area contributed by atoms with Gasteiger partial charge < -0.3 is 10.4 Å². The third kappa shape index (κ3) is 12.3. The molecular formula is C16H31NO6S. The van der Waals surface area contributed by atoms with Gasteiger partial charge in [-0.2, -0.15) is 8.42 Å². The monoisotopic (exact) mass is 365 g/mol. The number of hydrogen-bond acceptors (Lipinski definition) is 4. The Morgan fingerprint density at radius 3 is 1.79 bits per heavy atom. The van der Waals surface area contributed by atoms with Crippen LogP contribution in [-0.4, -0.2) is 41.7 Å². The smallest absolute Gasteiger partial charge is 0.305 e. The second-order valence-electron chi connectivity index (χ2n) is 6.07. The zero-order valence-corrected chi connectivity index (χ0v) is 15.3. The number of nitrogens with one attached hydrogen (secondary N) is 1. The second kappa shape index (κ2) is 13.2. The number of carboxylic acid groups (broad SMARTS) is 1. The molecule has 0 spiro atoms. The van der Waals surface area contributed by atoms with Gasteiger partial charge in [0.25, 0.3) is 10.1 Å². The molecule has 24 heavy (non-hydrogen) atoms. The van der Waals surface area contributed by atoms with Crippen LogP contribution >= 0.6 is 0 Å². The first kappa shape index (κ1) is 22.9. The molecule has 1 atom stereocenters. The molecule has 1 unspecified atom stereocenters. The van der Waals surface area contributed by atoms with E-state index in [1.54, 1.807) is 0 Å². The van der Waals surface area contributed by atoms with Crippen molar-refractivity contribution >= 4 is 22.0 Å². The van der Waals surface area contributed by atoms with E-state index >= 15 is 0 Å². The molecule has 0 saturated heterocycles. The Balaban J connectivity index is 3.75. The van der Waals surface area contributed by atoms with Crippen LogP contribution in [0.2, 0.25) is 0 Å². The lowest BCUT2D eigenvalue weighted by molar-refractivity contribution is -0.138. The molecule has 1 amide bonds. The predicted molar refractivity (Wildman–Crippen MR) is 92.4 cm³/mol. The van der Waals surface area contributed by atoms with Crippen LogP contribution in [0.5, 0.6) is 0 Å². The molecule has 0 aromatic carbocycles. The first-order valence-electron chi connectivity index (χ1n) is 8.74. The van der Waals surface area contributed by atoms with Gasteiger partial charge in [0.15, 0.2) is 5.25 Å². The predicted octanol–water partition coefficient (Wildman–Crippen LogP) is 2.75. The molecule has 0 aromatic heterocycles. The Morgan fingerprint density at radius 1 is 0.917 bits per heavy atom. The van der Waals surface area contributed by atoms with Gasteiger partial charge in [-0.3, -0.25) is 14.1 Å². The van der Waals surface area contributed by atoms with Crippen molar-refractivity contribution in [2.45, 2.75) is 82.8 Å². The van der Waals surface area contributed by atoms with Gasteiger partial charge in [-0.1, -0.05) is 64.7 Å². The summed E-state index contributed by atoms with van der Waals surface area (Å²) in [6.07, 6.45) is 10.5. The summed E-state index contributed by atoms with van der Waals surface area (Å²) >= 11 is 0. The van der Waals surface area contributed by atoms with E-state index in [1.807, 2.05) is 0 Å². The zero-order chi connectivity index (χ0) is 18.4. The Bertz CT molecular complexity index is 463. The van der Waals surface area contributed by atoms with Gasteiger partial charge in [-0.15, -0.1) is 0 Å². The van der Waals surface area contributed by atoms with E-state index in [0.29, 0.717) is 6.42 Å². The van der Waals surface area contributed by atoms with Gasteiger partial charge in [-0.25, -0.2) is 0 Å². The summed E-state index contributed by atoms with van der Waals surface area (Å²) in [5, 5.41) is 9.03. The molecule has 0 aliphatic carbocycles. The summed E-state index contributed by atoms with van der Waals surface area (Å²) < 4.78 is 31.0. The van der Waals surface area contributed by atoms with Crippen LogP contribution in [0.15, 0.2) is 0 Å². The second-order valence-corrected chi connectivity index (χ2v) is 7.67. The van der Waals surface area contributed by atoms with Gasteiger partial charge in [0, 0.05) is 6.54 Å². The normalized spacial score (nSPS) is 12.8. The zero-order valence-electron chi connectivity index (χ0n) is 14.5. The highest BCUT2D eigenvalue weighted by molar-refractivity contribution is 7.87. The van der Waals surface area contributed by atoms with Crippen LogP contribution in [-0.2, 0) is 19.7 Å². The molecular weight excluding hydrogens is 334 g/mol. The molecule has 0 rings (SSSR count). The van der Waals surface area contributed by atoms with Gasteiger partial charge in [0.05, 0.1) is 6.42 Å². The van der Waals surface area contributed by atoms with E-state index in [9.17, 15) is 18.0 Å². The van der Waals surface area contributed by atoms with Gasteiger partial charge in [-0.05, 0) is 6.42 Å². The molecule has 0 heterocycles. The number of aliphatic carboxylic acids is 1. The average Bonchev–Trinajstić information content (AvgIpc) is 2.48. The van der Waals surface area contributed by atoms with Crippen LogP contribution in [0.1, 0.15) is 77.6 Å². The summed E-state index contributed by atoms with van der Waals surface area (Å²) in [5.41, 5.74) is 0. The molecule has 0 aromatic rings. The molecule has 0 saturated carbocycles. The highest BCUT2D eigenvalue weighted by Crippen LogP contribution is 2.10. The number of amides is 1. The number of unbranched alkanes of at least 4 members (excludes halogenated alkanes) is 9. The summed E-state index contributed by atoms with van der Waals surface area (Å²) in [4.78, 5) is 22.2. The Kier molecular flexibility index (Phi) is 12.5. The third-order valence-corrected chi connectivity index (χ3v) is 4.94. The molecule has 142 valence electrons. The summed E-state index contributed by atoms with van der Waals surface area (Å²) in [6, 6.07) is 0. The van der Waals surface area contributed by atoms with E-state index in [0.717, 1.165) is 19.3 Å². The van der Waals surface area contributed by atoms with E-state index in [2.05, 4.69) is 12.2 Å². The van der Waals surface area contributed by atoms with Crippen molar-refractivity contribution in [3.05, 3.63) is 0 Å². The first-order chi connectivity index (χ1) is 11.3. The molecule has 3 N–H and O–H groups in total. The molecule has 7 nitrogen and oxygen atoms in total. The van der Waals surface area contributed by atoms with Crippen LogP contribution in [0.3, 0.4) is 0 Å². The van der Waals surface area contributed by atoms with Crippen molar-refractivity contribution in [2.75, 3.05) is 6.54 Å². The van der Waals surface area contributed by atoms with Crippen molar-refractivity contribution in [1.29, 1.82) is 0 Å². The Labute approximate surface area is 145 Å². The summed E-state index contributed by atoms with van der Waals surface area (Å²) in [6.45, 7) is 2.47. The van der Waals surface area contributed by atoms with Crippen molar-refractivity contribution in [3.63, 3.8) is 0 Å². The lowest BCUT2D eigenvalue weighted by Gasteiger charge is -2.12. The van der Waals surface area contributed by atoms with Crippen LogP contribution in [0.25, 0.3) is 0 Å². The number of carboxylic acids is 1. The lowest BCUT2D eigenvalue weighted by Crippen LogP contribution is -2.41. The van der Waals surface area contributed by atoms with Crippen LogP contribution in [0.4, 0.5) is 0 Å². The molecule has 0 fully saturated rings. The van der Waals surface area contributed by atoms with E-state index in [4.69, 9.17) is 9.66 Å². The standard InChI is InChI=1S/C16H31NO6S/c1-2-3-4-5-6-7-8-9-10-11-12-17-16(20)14(13-15(18)19)24(21,22)23/h14H,2-13H2,1H3,(H,17,20)(H,18,19)(H,21,22,23). The minimum atomic E-state index is -4.72. The number of carbonyl (C=O) groups excluding carboxylic acids is 1. The van der Waals surface area contributed by atoms with Crippen molar-refractivity contribution < 1.29 is 27.7 Å². The highest BCUT2D eigenvalue weighted by atomic mass is 32.2. The van der Waals surface area contributed by atoms with Gasteiger partial charge >= 0.3 is 5.97 Å². The minimum Gasteiger partial charge on any atom is -0.481 e. The van der Waals surface area contributed by atoms with E-state index in [1.165, 1.54) is 38.5 Å². The maximum absolute atomic E-state index is 11.7. The first-order valence-corrected chi connectivity index (χ1v) is 10.2.